The van der Waals surface area contributed by atoms with Crippen LogP contribution in [0.1, 0.15) is 30.7 Å². The van der Waals surface area contributed by atoms with Gasteiger partial charge in [0.1, 0.15) is 12.4 Å². The minimum Gasteiger partial charge on any atom is -0.493 e. The summed E-state index contributed by atoms with van der Waals surface area (Å²) >= 11 is 0. The van der Waals surface area contributed by atoms with Gasteiger partial charge in [-0.25, -0.2) is 4.98 Å². The lowest BCUT2D eigenvalue weighted by atomic mass is 10.2. The van der Waals surface area contributed by atoms with Gasteiger partial charge >= 0.3 is 0 Å². The van der Waals surface area contributed by atoms with Crippen LogP contribution in [0.3, 0.4) is 0 Å². The number of carbonyl (C=O) groups is 1. The van der Waals surface area contributed by atoms with Crippen LogP contribution in [0, 0.1) is 0 Å². The highest BCUT2D eigenvalue weighted by Crippen LogP contribution is 2.26. The molecule has 0 unspecified atom stereocenters. The molecule has 36 heavy (non-hydrogen) atoms. The molecule has 0 radical (unpaired) electrons. The van der Waals surface area contributed by atoms with Crippen LogP contribution in [0.5, 0.6) is 11.5 Å². The van der Waals surface area contributed by atoms with Crippen LogP contribution in [0.4, 0.5) is 0 Å². The molecule has 0 atom stereocenters. The first kappa shape index (κ1) is 25.0. The van der Waals surface area contributed by atoms with E-state index in [1.54, 1.807) is 13.2 Å². The van der Waals surface area contributed by atoms with Gasteiger partial charge in [0, 0.05) is 19.0 Å². The Balaban J connectivity index is 1.25. The molecule has 186 valence electrons. The average molecular weight is 484 g/mol. The summed E-state index contributed by atoms with van der Waals surface area (Å²) in [5.74, 6) is 2.48. The number of para-hydroxylation sites is 4. The number of fused-ring (bicyclic) bond motifs is 1. The van der Waals surface area contributed by atoms with Crippen molar-refractivity contribution >= 4 is 23.0 Å². The van der Waals surface area contributed by atoms with Crippen molar-refractivity contribution in [3.05, 3.63) is 96.3 Å². The first-order chi connectivity index (χ1) is 17.7. The van der Waals surface area contributed by atoms with Crippen LogP contribution in [0.25, 0.3) is 17.1 Å². The molecule has 6 nitrogen and oxygen atoms in total. The summed E-state index contributed by atoms with van der Waals surface area (Å²) in [7, 11) is 1.65. The Kier molecular flexibility index (Phi) is 9.14. The van der Waals surface area contributed by atoms with Crippen LogP contribution in [0.15, 0.2) is 84.9 Å². The molecule has 0 saturated heterocycles. The van der Waals surface area contributed by atoms with E-state index in [2.05, 4.69) is 22.0 Å². The van der Waals surface area contributed by atoms with Gasteiger partial charge in [0.25, 0.3) is 0 Å². The molecule has 0 aliphatic heterocycles. The number of aromatic nitrogens is 2. The van der Waals surface area contributed by atoms with E-state index in [4.69, 9.17) is 14.5 Å². The normalized spacial score (nSPS) is 11.1. The number of rotatable bonds is 13. The van der Waals surface area contributed by atoms with Crippen molar-refractivity contribution < 1.29 is 14.3 Å². The largest absolute Gasteiger partial charge is 0.493 e. The predicted molar refractivity (Wildman–Crippen MR) is 144 cm³/mol. The third kappa shape index (κ3) is 6.98. The molecule has 0 fully saturated rings. The second-order valence-electron chi connectivity index (χ2n) is 8.51. The average Bonchev–Trinajstić information content (AvgIpc) is 3.27. The van der Waals surface area contributed by atoms with E-state index in [1.165, 1.54) is 0 Å². The Labute approximate surface area is 212 Å². The van der Waals surface area contributed by atoms with Crippen LogP contribution in [-0.2, 0) is 17.8 Å². The summed E-state index contributed by atoms with van der Waals surface area (Å²) in [6, 6.07) is 25.7. The van der Waals surface area contributed by atoms with Crippen molar-refractivity contribution in [1.82, 2.24) is 14.9 Å². The van der Waals surface area contributed by atoms with Gasteiger partial charge in [0.2, 0.25) is 5.91 Å². The number of carbonyl (C=O) groups excluding carboxylic acids is 1. The number of hydrogen-bond donors (Lipinski definition) is 1. The number of benzene rings is 3. The summed E-state index contributed by atoms with van der Waals surface area (Å²) in [4.78, 5) is 16.9. The number of imidazole rings is 1. The molecule has 0 bridgehead atoms. The van der Waals surface area contributed by atoms with Crippen molar-refractivity contribution in [2.75, 3.05) is 20.3 Å². The van der Waals surface area contributed by atoms with Gasteiger partial charge in [-0.2, -0.15) is 0 Å². The first-order valence-corrected chi connectivity index (χ1v) is 12.5. The van der Waals surface area contributed by atoms with Crippen molar-refractivity contribution in [3.63, 3.8) is 0 Å². The molecular weight excluding hydrogens is 450 g/mol. The Morgan fingerprint density at radius 1 is 0.917 bits per heavy atom. The molecule has 1 aromatic heterocycles. The lowest BCUT2D eigenvalue weighted by Gasteiger charge is -2.13. The fourth-order valence-electron chi connectivity index (χ4n) is 4.14. The van der Waals surface area contributed by atoms with Crippen molar-refractivity contribution in [3.8, 4) is 11.5 Å². The van der Waals surface area contributed by atoms with E-state index in [0.29, 0.717) is 19.7 Å². The van der Waals surface area contributed by atoms with Crippen molar-refractivity contribution in [2.24, 2.45) is 0 Å². The highest BCUT2D eigenvalue weighted by molar-refractivity contribution is 5.91. The number of amides is 1. The summed E-state index contributed by atoms with van der Waals surface area (Å²) in [5, 5.41) is 2.96. The third-order valence-electron chi connectivity index (χ3n) is 5.98. The second kappa shape index (κ2) is 13.1. The summed E-state index contributed by atoms with van der Waals surface area (Å²) in [6.07, 6.45) is 7.26. The van der Waals surface area contributed by atoms with Gasteiger partial charge in [0.15, 0.2) is 11.5 Å². The number of nitrogens with one attached hydrogen (secondary N) is 1. The van der Waals surface area contributed by atoms with Gasteiger partial charge in [-0.15, -0.1) is 0 Å². The van der Waals surface area contributed by atoms with Crippen molar-refractivity contribution in [2.45, 2.75) is 32.2 Å². The van der Waals surface area contributed by atoms with Crippen LogP contribution in [0.2, 0.25) is 0 Å². The fraction of sp³-hybridized carbons (Fsp3) is 0.267. The monoisotopic (exact) mass is 483 g/mol. The Bertz CT molecular complexity index is 1280. The number of methoxy groups -OCH3 is 1. The van der Waals surface area contributed by atoms with Crippen molar-refractivity contribution in [1.29, 1.82) is 0 Å². The molecule has 4 aromatic rings. The summed E-state index contributed by atoms with van der Waals surface area (Å²) < 4.78 is 13.7. The highest BCUT2D eigenvalue weighted by atomic mass is 16.5. The zero-order valence-corrected chi connectivity index (χ0v) is 20.7. The number of aryl methyl sites for hydroxylation is 1. The molecule has 1 amide bonds. The maximum atomic E-state index is 12.0. The molecular formula is C30H33N3O3. The number of hydrogen-bond acceptors (Lipinski definition) is 4. The van der Waals surface area contributed by atoms with Gasteiger partial charge in [-0.3, -0.25) is 4.79 Å². The number of nitrogens with zero attached hydrogens (tertiary/aromatic N) is 2. The molecule has 0 aliphatic carbocycles. The molecule has 0 spiro atoms. The zero-order valence-electron chi connectivity index (χ0n) is 20.7. The van der Waals surface area contributed by atoms with E-state index in [9.17, 15) is 4.79 Å². The smallest absolute Gasteiger partial charge is 0.243 e. The van der Waals surface area contributed by atoms with E-state index in [-0.39, 0.29) is 5.91 Å². The molecule has 1 heterocycles. The number of unbranched alkanes of at least 4 members (excludes halogenated alkanes) is 2. The van der Waals surface area contributed by atoms with Gasteiger partial charge in [0.05, 0.1) is 24.7 Å². The minimum atomic E-state index is -0.0595. The summed E-state index contributed by atoms with van der Waals surface area (Å²) in [6.45, 7) is 1.90. The van der Waals surface area contributed by atoms with E-state index in [1.807, 2.05) is 72.8 Å². The maximum Gasteiger partial charge on any atom is 0.243 e. The lowest BCUT2D eigenvalue weighted by Crippen LogP contribution is -2.22. The molecule has 0 saturated carbocycles. The fourth-order valence-corrected chi connectivity index (χ4v) is 4.14. The minimum absolute atomic E-state index is 0.0595. The zero-order chi connectivity index (χ0) is 25.0. The van der Waals surface area contributed by atoms with Crippen LogP contribution >= 0.6 is 0 Å². The SMILES string of the molecule is COc1ccccc1OCCn1c(CCCCCNC(=O)/C=C/c2ccccc2)nc2ccccc21. The number of ether oxygens (including phenoxy) is 2. The molecule has 1 N–H and O–H groups in total. The Hall–Kier alpha value is -4.06. The molecule has 3 aromatic carbocycles. The Morgan fingerprint density at radius 2 is 1.67 bits per heavy atom. The standard InChI is InChI=1S/C30H33N3O3/c1-35-27-16-9-10-17-28(27)36-23-22-33-26-15-8-7-14-25(26)32-29(33)18-6-3-11-21-31-30(34)20-19-24-12-4-2-5-13-24/h2,4-5,7-10,12-17,19-20H,3,6,11,18,21-23H2,1H3,(H,31,34)/b20-19+. The Morgan fingerprint density at radius 3 is 2.50 bits per heavy atom. The second-order valence-corrected chi connectivity index (χ2v) is 8.51. The third-order valence-corrected chi connectivity index (χ3v) is 5.98. The van der Waals surface area contributed by atoms with Crippen LogP contribution in [-0.4, -0.2) is 35.7 Å². The lowest BCUT2D eigenvalue weighted by molar-refractivity contribution is -0.116. The van der Waals surface area contributed by atoms with E-state index >= 15 is 0 Å². The quantitative estimate of drug-likeness (QED) is 0.197. The molecule has 4 rings (SSSR count). The predicted octanol–water partition coefficient (Wildman–Crippen LogP) is 5.67. The van der Waals surface area contributed by atoms with Gasteiger partial charge in [-0.1, -0.05) is 61.0 Å². The summed E-state index contributed by atoms with van der Waals surface area (Å²) in [5.41, 5.74) is 3.14. The van der Waals surface area contributed by atoms with E-state index in [0.717, 1.165) is 59.6 Å². The molecule has 0 aliphatic rings. The maximum absolute atomic E-state index is 12.0. The van der Waals surface area contributed by atoms with E-state index < -0.39 is 0 Å². The molecule has 6 heteroatoms. The van der Waals surface area contributed by atoms with Gasteiger partial charge < -0.3 is 19.4 Å². The first-order valence-electron chi connectivity index (χ1n) is 12.5. The van der Waals surface area contributed by atoms with Crippen LogP contribution < -0.4 is 14.8 Å². The highest BCUT2D eigenvalue weighted by Gasteiger charge is 2.11. The van der Waals surface area contributed by atoms with Gasteiger partial charge in [-0.05, 0) is 48.7 Å². The topological polar surface area (TPSA) is 65.4 Å².